The van der Waals surface area contributed by atoms with Gasteiger partial charge in [-0.05, 0) is 67.3 Å². The second kappa shape index (κ2) is 19.0. The van der Waals surface area contributed by atoms with Crippen molar-refractivity contribution >= 4 is 40.4 Å². The zero-order valence-corrected chi connectivity index (χ0v) is 30.7. The van der Waals surface area contributed by atoms with Crippen LogP contribution >= 0.6 is 0 Å². The van der Waals surface area contributed by atoms with Gasteiger partial charge in [0.15, 0.2) is 0 Å². The third-order valence-corrected chi connectivity index (χ3v) is 9.85. The van der Waals surface area contributed by atoms with Crippen LogP contribution in [-0.4, -0.2) is 70.6 Å². The van der Waals surface area contributed by atoms with Crippen molar-refractivity contribution in [2.24, 2.45) is 11.7 Å². The van der Waals surface area contributed by atoms with Gasteiger partial charge in [-0.25, -0.2) is 0 Å². The summed E-state index contributed by atoms with van der Waals surface area (Å²) >= 11 is 0. The number of hydrogen-bond acceptors (Lipinski definition) is 6. The molecule has 0 spiro atoms. The molecule has 5 rings (SSSR count). The van der Waals surface area contributed by atoms with Crippen molar-refractivity contribution in [1.82, 2.24) is 25.8 Å². The third kappa shape index (κ3) is 10.4. The maximum absolute atomic E-state index is 14.9. The summed E-state index contributed by atoms with van der Waals surface area (Å²) in [6, 6.07) is 22.6. The van der Waals surface area contributed by atoms with Crippen molar-refractivity contribution in [3.63, 3.8) is 0 Å². The molecule has 11 nitrogen and oxygen atoms in total. The minimum atomic E-state index is -1.27. The number of nitrogens with one attached hydrogen (secondary N) is 4. The molecular formula is C42H52N6O5. The molecule has 5 amide bonds. The lowest BCUT2D eigenvalue weighted by Crippen LogP contribution is -2.60. The van der Waals surface area contributed by atoms with Gasteiger partial charge in [-0.3, -0.25) is 28.9 Å². The van der Waals surface area contributed by atoms with Gasteiger partial charge in [0.05, 0.1) is 5.92 Å². The summed E-state index contributed by atoms with van der Waals surface area (Å²) in [5.74, 6) is -3.05. The van der Waals surface area contributed by atoms with Gasteiger partial charge in [0.25, 0.3) is 5.91 Å². The Kier molecular flexibility index (Phi) is 13.9. The molecule has 1 aromatic heterocycles. The molecule has 1 aliphatic heterocycles. The van der Waals surface area contributed by atoms with E-state index in [2.05, 4.69) is 34.8 Å². The molecule has 4 atom stereocenters. The zero-order chi connectivity index (χ0) is 37.7. The minimum Gasteiger partial charge on any atom is -0.361 e. The van der Waals surface area contributed by atoms with Crippen molar-refractivity contribution in [3.8, 4) is 0 Å². The van der Waals surface area contributed by atoms with Crippen LogP contribution in [0.1, 0.15) is 75.0 Å². The smallest absolute Gasteiger partial charge is 0.252 e. The first-order chi connectivity index (χ1) is 25.7. The predicted octanol–water partition coefficient (Wildman–Crippen LogP) is 4.52. The Hall–Kier alpha value is -5.29. The molecule has 0 radical (unpaired) electrons. The molecule has 2 heterocycles. The summed E-state index contributed by atoms with van der Waals surface area (Å²) in [5.41, 5.74) is 9.05. The average molecular weight is 721 g/mol. The highest BCUT2D eigenvalue weighted by Gasteiger charge is 2.43. The maximum Gasteiger partial charge on any atom is 0.252 e. The number of H-pyrrole nitrogens is 1. The van der Waals surface area contributed by atoms with E-state index in [1.165, 1.54) is 0 Å². The third-order valence-electron chi connectivity index (χ3n) is 9.85. The fraction of sp³-hybridized carbons (Fsp3) is 0.405. The SMILES string of the molecule is CC(C)CCNC(=O)[C@H](Cc1c[nH]c2ccccc12)NC(=O)[C@H](CCCCN)N1C(=O)C(c2ccccc2)CCC(=O)N[C@@H](Cc2ccccc2)C1=O. The van der Waals surface area contributed by atoms with Crippen LogP contribution in [0.25, 0.3) is 10.9 Å². The summed E-state index contributed by atoms with van der Waals surface area (Å²) < 4.78 is 0. The zero-order valence-electron chi connectivity index (χ0n) is 30.7. The molecule has 3 aromatic carbocycles. The molecule has 0 saturated carbocycles. The van der Waals surface area contributed by atoms with Crippen LogP contribution in [-0.2, 0) is 36.8 Å². The molecule has 1 saturated heterocycles. The van der Waals surface area contributed by atoms with Gasteiger partial charge >= 0.3 is 0 Å². The number of amides is 5. The number of unbranched alkanes of at least 4 members (excludes halogenated alkanes) is 1. The van der Waals surface area contributed by atoms with Crippen LogP contribution in [0.4, 0.5) is 0 Å². The van der Waals surface area contributed by atoms with Crippen LogP contribution < -0.4 is 21.7 Å². The fourth-order valence-corrected chi connectivity index (χ4v) is 6.93. The highest BCUT2D eigenvalue weighted by atomic mass is 16.2. The van der Waals surface area contributed by atoms with E-state index in [4.69, 9.17) is 5.73 Å². The van der Waals surface area contributed by atoms with E-state index < -0.39 is 41.8 Å². The number of carbonyl (C=O) groups is 5. The van der Waals surface area contributed by atoms with Gasteiger partial charge in [-0.2, -0.15) is 0 Å². The Morgan fingerprint density at radius 3 is 2.28 bits per heavy atom. The van der Waals surface area contributed by atoms with E-state index in [1.54, 1.807) is 24.3 Å². The number of nitrogens with two attached hydrogens (primary N) is 1. The number of aromatic amines is 1. The van der Waals surface area contributed by atoms with Crippen LogP contribution in [0, 0.1) is 5.92 Å². The summed E-state index contributed by atoms with van der Waals surface area (Å²) in [5, 5.41) is 9.77. The first-order valence-corrected chi connectivity index (χ1v) is 18.7. The quantitative estimate of drug-likeness (QED) is 0.0844. The monoisotopic (exact) mass is 720 g/mol. The van der Waals surface area contributed by atoms with Gasteiger partial charge in [-0.1, -0.05) is 92.7 Å². The first-order valence-electron chi connectivity index (χ1n) is 18.7. The Balaban J connectivity index is 1.54. The van der Waals surface area contributed by atoms with Crippen LogP contribution in [0.3, 0.4) is 0 Å². The number of fused-ring (bicyclic) bond motifs is 1. The molecule has 11 heteroatoms. The lowest BCUT2D eigenvalue weighted by Gasteiger charge is -2.34. The molecule has 4 aromatic rings. The molecule has 0 bridgehead atoms. The van der Waals surface area contributed by atoms with E-state index >= 15 is 0 Å². The van der Waals surface area contributed by atoms with Crippen molar-refractivity contribution in [2.45, 2.75) is 89.3 Å². The Labute approximate surface area is 311 Å². The molecule has 0 aliphatic carbocycles. The maximum atomic E-state index is 14.9. The second-order valence-corrected chi connectivity index (χ2v) is 14.3. The molecule has 1 fully saturated rings. The highest BCUT2D eigenvalue weighted by Crippen LogP contribution is 2.29. The van der Waals surface area contributed by atoms with Gasteiger partial charge < -0.3 is 26.7 Å². The number of hydrogen-bond donors (Lipinski definition) is 5. The number of aromatic nitrogens is 1. The number of rotatable bonds is 16. The standard InChI is InChI=1S/C42H52N6O5/c1-28(2)22-24-44-39(50)35(26-31-27-45-34-18-10-9-17-32(31)34)47-40(51)37(19-11-12-23-43)48-41(52)33(30-15-7-4-8-16-30)20-21-38(49)46-36(42(48)53)25-29-13-5-3-6-14-29/h3-10,13-18,27-28,33,35-37,45H,11-12,19-26,43H2,1-2H3,(H,44,50)(H,46,49)(H,47,51)/t33?,35-,36-,37-/m0/s1. The van der Waals surface area contributed by atoms with Gasteiger partial charge in [0.2, 0.25) is 23.6 Å². The van der Waals surface area contributed by atoms with E-state index in [1.807, 2.05) is 66.9 Å². The molecule has 280 valence electrons. The molecule has 1 unspecified atom stereocenters. The summed E-state index contributed by atoms with van der Waals surface area (Å²) in [6.45, 7) is 4.93. The first kappa shape index (κ1) is 38.9. The Morgan fingerprint density at radius 1 is 0.868 bits per heavy atom. The van der Waals surface area contributed by atoms with Gasteiger partial charge in [0.1, 0.15) is 18.1 Å². The minimum absolute atomic E-state index is 0.0188. The van der Waals surface area contributed by atoms with Crippen molar-refractivity contribution in [2.75, 3.05) is 13.1 Å². The molecule has 1 aliphatic rings. The normalized spacial score (nSPS) is 17.8. The van der Waals surface area contributed by atoms with E-state index in [9.17, 15) is 24.0 Å². The lowest BCUT2D eigenvalue weighted by molar-refractivity contribution is -0.155. The number of nitrogens with zero attached hydrogens (tertiary/aromatic N) is 1. The van der Waals surface area contributed by atoms with E-state index in [-0.39, 0.29) is 43.9 Å². The number of carbonyl (C=O) groups excluding carboxylic acids is 5. The Bertz CT molecular complexity index is 1840. The second-order valence-electron chi connectivity index (χ2n) is 14.3. The lowest BCUT2D eigenvalue weighted by atomic mass is 9.91. The molecule has 6 N–H and O–H groups in total. The van der Waals surface area contributed by atoms with Crippen molar-refractivity contribution in [3.05, 3.63) is 108 Å². The van der Waals surface area contributed by atoms with Crippen LogP contribution in [0.5, 0.6) is 0 Å². The largest absolute Gasteiger partial charge is 0.361 e. The number of para-hydroxylation sites is 1. The van der Waals surface area contributed by atoms with Gasteiger partial charge in [0, 0.05) is 42.9 Å². The van der Waals surface area contributed by atoms with Crippen molar-refractivity contribution < 1.29 is 24.0 Å². The molecule has 53 heavy (non-hydrogen) atoms. The van der Waals surface area contributed by atoms with Gasteiger partial charge in [-0.15, -0.1) is 0 Å². The average Bonchev–Trinajstić information content (AvgIpc) is 3.57. The van der Waals surface area contributed by atoms with E-state index in [0.717, 1.165) is 33.4 Å². The van der Waals surface area contributed by atoms with E-state index in [0.29, 0.717) is 37.4 Å². The number of imide groups is 1. The van der Waals surface area contributed by atoms with Crippen LogP contribution in [0.2, 0.25) is 0 Å². The summed E-state index contributed by atoms with van der Waals surface area (Å²) in [7, 11) is 0. The predicted molar refractivity (Wildman–Crippen MR) is 205 cm³/mol. The van der Waals surface area contributed by atoms with Crippen molar-refractivity contribution in [1.29, 1.82) is 0 Å². The summed E-state index contributed by atoms with van der Waals surface area (Å²) in [6.07, 6.45) is 4.20. The van der Waals surface area contributed by atoms with Crippen LogP contribution in [0.15, 0.2) is 91.1 Å². The Morgan fingerprint density at radius 2 is 1.57 bits per heavy atom. The summed E-state index contributed by atoms with van der Waals surface area (Å²) in [4.78, 5) is 75.8. The fourth-order valence-electron chi connectivity index (χ4n) is 6.93. The topological polar surface area (TPSA) is 166 Å². The highest BCUT2D eigenvalue weighted by molar-refractivity contribution is 6.06. The molecular weight excluding hydrogens is 668 g/mol. The number of benzene rings is 3.